The molecule has 1 aromatic rings. The van der Waals surface area contributed by atoms with E-state index in [1.807, 2.05) is 18.8 Å². The maximum atomic E-state index is 11.4. The van der Waals surface area contributed by atoms with Crippen molar-refractivity contribution in [3.63, 3.8) is 0 Å². The second-order valence-corrected chi connectivity index (χ2v) is 7.30. The number of aliphatic hydroxyl groups is 1. The number of likely N-dealkylation sites (N-methyl/N-ethyl adjacent to an activating group) is 1. The standard InChI is InChI=1S/C16H28ClN3O/c1-12(2)13-7-5-6-8-16(13,21)15-14(17)11-18-20(15)10-9-19(3)4/h11-13,21H,5-10H2,1-4H3. The molecule has 1 N–H and O–H groups in total. The van der Waals surface area contributed by atoms with Crippen molar-refractivity contribution in [2.75, 3.05) is 20.6 Å². The van der Waals surface area contributed by atoms with E-state index >= 15 is 0 Å². The number of hydrogen-bond donors (Lipinski definition) is 1. The van der Waals surface area contributed by atoms with Crippen LogP contribution in [0.25, 0.3) is 0 Å². The summed E-state index contributed by atoms with van der Waals surface area (Å²) in [5, 5.41) is 16.4. The molecule has 1 heterocycles. The Morgan fingerprint density at radius 3 is 2.81 bits per heavy atom. The van der Waals surface area contributed by atoms with Crippen LogP contribution >= 0.6 is 11.6 Å². The van der Waals surface area contributed by atoms with Crippen LogP contribution in [0.4, 0.5) is 0 Å². The Morgan fingerprint density at radius 1 is 1.48 bits per heavy atom. The molecule has 0 spiro atoms. The zero-order valence-corrected chi connectivity index (χ0v) is 14.4. The highest BCUT2D eigenvalue weighted by molar-refractivity contribution is 6.31. The third kappa shape index (κ3) is 3.43. The predicted octanol–water partition coefficient (Wildman–Crippen LogP) is 3.13. The van der Waals surface area contributed by atoms with Crippen molar-refractivity contribution in [1.29, 1.82) is 0 Å². The summed E-state index contributed by atoms with van der Waals surface area (Å²) in [5.41, 5.74) is -0.0174. The number of rotatable bonds is 5. The van der Waals surface area contributed by atoms with Gasteiger partial charge in [-0.05, 0) is 38.8 Å². The van der Waals surface area contributed by atoms with Gasteiger partial charge in [-0.3, -0.25) is 4.68 Å². The van der Waals surface area contributed by atoms with Crippen molar-refractivity contribution in [2.24, 2.45) is 11.8 Å². The fourth-order valence-corrected chi connectivity index (χ4v) is 3.92. The van der Waals surface area contributed by atoms with E-state index in [4.69, 9.17) is 11.6 Å². The van der Waals surface area contributed by atoms with Gasteiger partial charge in [0.05, 0.1) is 23.5 Å². The smallest absolute Gasteiger partial charge is 0.111 e. The summed E-state index contributed by atoms with van der Waals surface area (Å²) in [7, 11) is 4.08. The third-order valence-electron chi connectivity index (χ3n) is 4.71. The maximum Gasteiger partial charge on any atom is 0.111 e. The summed E-state index contributed by atoms with van der Waals surface area (Å²) in [4.78, 5) is 2.12. The molecule has 5 heteroatoms. The molecule has 1 aliphatic carbocycles. The molecular formula is C16H28ClN3O. The van der Waals surface area contributed by atoms with Gasteiger partial charge in [-0.25, -0.2) is 0 Å². The van der Waals surface area contributed by atoms with Gasteiger partial charge in [0.15, 0.2) is 0 Å². The van der Waals surface area contributed by atoms with E-state index in [9.17, 15) is 5.11 Å². The molecular weight excluding hydrogens is 286 g/mol. The lowest BCUT2D eigenvalue weighted by Gasteiger charge is -2.42. The van der Waals surface area contributed by atoms with Crippen LogP contribution in [0.15, 0.2) is 6.20 Å². The second-order valence-electron chi connectivity index (χ2n) is 6.89. The predicted molar refractivity (Wildman–Crippen MR) is 86.5 cm³/mol. The topological polar surface area (TPSA) is 41.3 Å². The Labute approximate surface area is 133 Å². The third-order valence-corrected chi connectivity index (χ3v) is 4.98. The molecule has 0 bridgehead atoms. The minimum absolute atomic E-state index is 0.249. The van der Waals surface area contributed by atoms with E-state index in [-0.39, 0.29) is 5.92 Å². The molecule has 2 unspecified atom stereocenters. The van der Waals surface area contributed by atoms with Crippen molar-refractivity contribution in [1.82, 2.24) is 14.7 Å². The first-order valence-corrected chi connectivity index (χ1v) is 8.33. The van der Waals surface area contributed by atoms with Gasteiger partial charge in [0.1, 0.15) is 5.60 Å². The van der Waals surface area contributed by atoms with Crippen molar-refractivity contribution in [3.8, 4) is 0 Å². The first-order chi connectivity index (χ1) is 9.86. The summed E-state index contributed by atoms with van der Waals surface area (Å²) < 4.78 is 1.91. The molecule has 1 fully saturated rings. The summed E-state index contributed by atoms with van der Waals surface area (Å²) in [6.45, 7) is 6.01. The molecule has 4 nitrogen and oxygen atoms in total. The van der Waals surface area contributed by atoms with Gasteiger partial charge in [0, 0.05) is 6.54 Å². The fraction of sp³-hybridized carbons (Fsp3) is 0.812. The van der Waals surface area contributed by atoms with E-state index in [2.05, 4.69) is 23.8 Å². The molecule has 0 aliphatic heterocycles. The van der Waals surface area contributed by atoms with Gasteiger partial charge in [-0.15, -0.1) is 0 Å². The first kappa shape index (κ1) is 16.8. The lowest BCUT2D eigenvalue weighted by molar-refractivity contribution is -0.0785. The van der Waals surface area contributed by atoms with Gasteiger partial charge >= 0.3 is 0 Å². The molecule has 0 saturated heterocycles. The fourth-order valence-electron chi connectivity index (χ4n) is 3.62. The number of nitrogens with zero attached hydrogens (tertiary/aromatic N) is 3. The van der Waals surface area contributed by atoms with Crippen LogP contribution in [-0.2, 0) is 12.1 Å². The molecule has 120 valence electrons. The van der Waals surface area contributed by atoms with Gasteiger partial charge in [-0.2, -0.15) is 5.10 Å². The van der Waals surface area contributed by atoms with Crippen LogP contribution in [0, 0.1) is 11.8 Å². The lowest BCUT2D eigenvalue weighted by Crippen LogP contribution is -2.43. The molecule has 1 saturated carbocycles. The van der Waals surface area contributed by atoms with Crippen LogP contribution in [0.5, 0.6) is 0 Å². The van der Waals surface area contributed by atoms with E-state index < -0.39 is 5.60 Å². The van der Waals surface area contributed by atoms with Gasteiger partial charge in [0.2, 0.25) is 0 Å². The molecule has 2 rings (SSSR count). The highest BCUT2D eigenvalue weighted by Gasteiger charge is 2.45. The minimum atomic E-state index is -0.841. The lowest BCUT2D eigenvalue weighted by atomic mass is 9.68. The zero-order chi connectivity index (χ0) is 15.6. The Balaban J connectivity index is 2.35. The summed E-state index contributed by atoms with van der Waals surface area (Å²) in [5.74, 6) is 0.683. The maximum absolute atomic E-state index is 11.4. The van der Waals surface area contributed by atoms with E-state index in [0.29, 0.717) is 10.9 Å². The van der Waals surface area contributed by atoms with Crippen molar-refractivity contribution >= 4 is 11.6 Å². The molecule has 1 aliphatic rings. The molecule has 0 radical (unpaired) electrons. The minimum Gasteiger partial charge on any atom is -0.383 e. The second kappa shape index (κ2) is 6.67. The molecule has 0 amide bonds. The summed E-state index contributed by atoms with van der Waals surface area (Å²) >= 11 is 6.40. The van der Waals surface area contributed by atoms with E-state index in [1.54, 1.807) is 6.20 Å². The quantitative estimate of drug-likeness (QED) is 0.908. The van der Waals surface area contributed by atoms with Crippen LogP contribution in [0.1, 0.15) is 45.2 Å². The monoisotopic (exact) mass is 313 g/mol. The number of aromatic nitrogens is 2. The van der Waals surface area contributed by atoms with Gasteiger partial charge in [-0.1, -0.05) is 38.3 Å². The normalized spacial score (nSPS) is 26.8. The zero-order valence-electron chi connectivity index (χ0n) is 13.6. The first-order valence-electron chi connectivity index (χ1n) is 7.95. The average Bonchev–Trinajstić information content (AvgIpc) is 2.78. The molecule has 0 aromatic carbocycles. The highest BCUT2D eigenvalue weighted by Crippen LogP contribution is 2.47. The van der Waals surface area contributed by atoms with Crippen molar-refractivity contribution in [3.05, 3.63) is 16.9 Å². The Hall–Kier alpha value is -0.580. The van der Waals surface area contributed by atoms with Crippen molar-refractivity contribution < 1.29 is 5.11 Å². The Bertz CT molecular complexity index is 472. The van der Waals surface area contributed by atoms with Crippen LogP contribution in [0.3, 0.4) is 0 Å². The summed E-state index contributed by atoms with van der Waals surface area (Å²) in [6, 6.07) is 0. The van der Waals surface area contributed by atoms with Crippen LogP contribution < -0.4 is 0 Å². The van der Waals surface area contributed by atoms with Crippen LogP contribution in [-0.4, -0.2) is 40.4 Å². The van der Waals surface area contributed by atoms with Gasteiger partial charge < -0.3 is 10.0 Å². The Morgan fingerprint density at radius 2 is 2.19 bits per heavy atom. The largest absolute Gasteiger partial charge is 0.383 e. The molecule has 21 heavy (non-hydrogen) atoms. The molecule has 1 aromatic heterocycles. The Kier molecular flexibility index (Phi) is 5.33. The van der Waals surface area contributed by atoms with Crippen LogP contribution in [0.2, 0.25) is 5.02 Å². The highest BCUT2D eigenvalue weighted by atomic mass is 35.5. The number of hydrogen-bond acceptors (Lipinski definition) is 3. The number of halogens is 1. The summed E-state index contributed by atoms with van der Waals surface area (Å²) in [6.07, 6.45) is 5.76. The van der Waals surface area contributed by atoms with E-state index in [1.165, 1.54) is 6.42 Å². The SMILES string of the molecule is CC(C)C1CCCCC1(O)c1c(Cl)cnn1CCN(C)C. The van der Waals surface area contributed by atoms with Gasteiger partial charge in [0.25, 0.3) is 0 Å². The van der Waals surface area contributed by atoms with E-state index in [0.717, 1.165) is 38.0 Å². The average molecular weight is 314 g/mol. The van der Waals surface area contributed by atoms with Crippen molar-refractivity contribution in [2.45, 2.75) is 51.7 Å². The molecule has 2 atom stereocenters.